The third-order valence-corrected chi connectivity index (χ3v) is 5.04. The minimum atomic E-state index is -0.862. The van der Waals surface area contributed by atoms with Gasteiger partial charge in [-0.1, -0.05) is 66.7 Å². The lowest BCUT2D eigenvalue weighted by Crippen LogP contribution is -2.43. The molecule has 0 aliphatic rings. The zero-order valence-corrected chi connectivity index (χ0v) is 17.4. The number of carbonyl (C=O) groups is 2. The summed E-state index contributed by atoms with van der Waals surface area (Å²) in [5.41, 5.74) is 1.94. The minimum absolute atomic E-state index is 0.126. The fourth-order valence-corrected chi connectivity index (χ4v) is 3.48. The Kier molecular flexibility index (Phi) is 6.72. The summed E-state index contributed by atoms with van der Waals surface area (Å²) < 4.78 is 5.50. The summed E-state index contributed by atoms with van der Waals surface area (Å²) in [4.78, 5) is 32.7. The summed E-state index contributed by atoms with van der Waals surface area (Å²) in [5, 5.41) is 2.98. The molecular formula is C26H23N3O3. The predicted molar refractivity (Wildman–Crippen MR) is 120 cm³/mol. The van der Waals surface area contributed by atoms with Crippen molar-refractivity contribution in [2.75, 3.05) is 0 Å². The van der Waals surface area contributed by atoms with Gasteiger partial charge in [-0.2, -0.15) is 0 Å². The average Bonchev–Trinajstić information content (AvgIpc) is 3.37. The van der Waals surface area contributed by atoms with E-state index >= 15 is 0 Å². The molecule has 2 aromatic heterocycles. The molecule has 2 amide bonds. The molecular weight excluding hydrogens is 402 g/mol. The van der Waals surface area contributed by atoms with Gasteiger partial charge < -0.3 is 14.6 Å². The van der Waals surface area contributed by atoms with Gasteiger partial charge in [0.05, 0.1) is 12.8 Å². The van der Waals surface area contributed by atoms with Crippen LogP contribution in [0.25, 0.3) is 0 Å². The maximum Gasteiger partial charge on any atom is 0.273 e. The molecule has 1 N–H and O–H groups in total. The molecule has 4 aromatic rings. The zero-order chi connectivity index (χ0) is 22.2. The van der Waals surface area contributed by atoms with E-state index in [0.717, 1.165) is 5.56 Å². The lowest BCUT2D eigenvalue weighted by atomic mass is 10.0. The second-order valence-electron chi connectivity index (χ2n) is 7.24. The van der Waals surface area contributed by atoms with Gasteiger partial charge in [-0.25, -0.2) is 0 Å². The Balaban J connectivity index is 1.68. The number of amides is 2. The van der Waals surface area contributed by atoms with Gasteiger partial charge in [-0.15, -0.1) is 0 Å². The first kappa shape index (κ1) is 21.1. The first-order valence-corrected chi connectivity index (χ1v) is 10.3. The van der Waals surface area contributed by atoms with Crippen LogP contribution < -0.4 is 5.32 Å². The maximum atomic E-state index is 13.5. The van der Waals surface area contributed by atoms with Gasteiger partial charge in [-0.05, 0) is 35.4 Å². The molecule has 0 fully saturated rings. The highest BCUT2D eigenvalue weighted by atomic mass is 16.3. The van der Waals surface area contributed by atoms with Crippen molar-refractivity contribution in [2.45, 2.75) is 19.1 Å². The van der Waals surface area contributed by atoms with Crippen molar-refractivity contribution >= 4 is 11.8 Å². The van der Waals surface area contributed by atoms with Crippen molar-refractivity contribution in [1.29, 1.82) is 0 Å². The Morgan fingerprint density at radius 1 is 0.875 bits per heavy atom. The zero-order valence-electron chi connectivity index (χ0n) is 17.4. The van der Waals surface area contributed by atoms with Crippen molar-refractivity contribution in [3.05, 3.63) is 126 Å². The molecule has 4 rings (SSSR count). The largest absolute Gasteiger partial charge is 0.467 e. The molecule has 0 radical (unpaired) electrons. The van der Waals surface area contributed by atoms with Crippen LogP contribution in [0.3, 0.4) is 0 Å². The van der Waals surface area contributed by atoms with E-state index in [-0.39, 0.29) is 24.1 Å². The number of hydrogen-bond donors (Lipinski definition) is 1. The fraction of sp³-hybridized carbons (Fsp3) is 0.115. The smallest absolute Gasteiger partial charge is 0.273 e. The van der Waals surface area contributed by atoms with Crippen LogP contribution in [0.2, 0.25) is 0 Å². The highest BCUT2D eigenvalue weighted by Crippen LogP contribution is 2.25. The number of nitrogens with one attached hydrogen (secondary N) is 1. The molecule has 0 spiro atoms. The molecule has 0 saturated carbocycles. The van der Waals surface area contributed by atoms with E-state index in [1.165, 1.54) is 4.90 Å². The number of aromatic nitrogens is 1. The molecule has 6 nitrogen and oxygen atoms in total. The van der Waals surface area contributed by atoms with Gasteiger partial charge in [0.2, 0.25) is 5.91 Å². The quantitative estimate of drug-likeness (QED) is 0.455. The lowest BCUT2D eigenvalue weighted by Gasteiger charge is -2.30. The third-order valence-electron chi connectivity index (χ3n) is 5.04. The Morgan fingerprint density at radius 2 is 1.59 bits per heavy atom. The fourth-order valence-electron chi connectivity index (χ4n) is 3.48. The number of rotatable bonds is 8. The second-order valence-corrected chi connectivity index (χ2v) is 7.24. The Hall–Kier alpha value is -4.19. The van der Waals surface area contributed by atoms with E-state index in [2.05, 4.69) is 10.3 Å². The van der Waals surface area contributed by atoms with E-state index in [4.69, 9.17) is 4.42 Å². The van der Waals surface area contributed by atoms with Crippen LogP contribution in [-0.2, 0) is 17.9 Å². The number of furan rings is 1. The highest BCUT2D eigenvalue weighted by Gasteiger charge is 2.33. The normalized spacial score (nSPS) is 11.5. The van der Waals surface area contributed by atoms with E-state index < -0.39 is 6.04 Å². The molecule has 0 aliphatic carbocycles. The summed E-state index contributed by atoms with van der Waals surface area (Å²) in [6.45, 7) is 0.482. The molecule has 1 atom stereocenters. The molecule has 0 aliphatic heterocycles. The molecule has 32 heavy (non-hydrogen) atoms. The lowest BCUT2D eigenvalue weighted by molar-refractivity contribution is -0.126. The summed E-state index contributed by atoms with van der Waals surface area (Å²) in [5.74, 6) is -0.0623. The standard InChI is InChI=1S/C26H23N3O3/c30-25(28-18-20-10-3-1-4-11-20)24(21-12-5-2-6-13-21)29(19-22-14-9-17-32-22)26(31)23-15-7-8-16-27-23/h1-17,24H,18-19H2,(H,28,30). The second kappa shape index (κ2) is 10.2. The van der Waals surface area contributed by atoms with Gasteiger partial charge in [0.15, 0.2) is 0 Å². The average molecular weight is 425 g/mol. The molecule has 6 heteroatoms. The number of pyridine rings is 1. The van der Waals surface area contributed by atoms with Crippen LogP contribution >= 0.6 is 0 Å². The molecule has 160 valence electrons. The van der Waals surface area contributed by atoms with Crippen molar-refractivity contribution in [3.8, 4) is 0 Å². The molecule has 2 aromatic carbocycles. The van der Waals surface area contributed by atoms with Crippen molar-refractivity contribution < 1.29 is 14.0 Å². The minimum Gasteiger partial charge on any atom is -0.467 e. The Labute approximate surface area is 186 Å². The van der Waals surface area contributed by atoms with E-state index in [1.54, 1.807) is 42.8 Å². The van der Waals surface area contributed by atoms with Crippen LogP contribution in [-0.4, -0.2) is 21.7 Å². The molecule has 0 saturated heterocycles. The Bertz CT molecular complexity index is 1130. The van der Waals surface area contributed by atoms with Crippen LogP contribution in [0.5, 0.6) is 0 Å². The Morgan fingerprint density at radius 3 is 2.25 bits per heavy atom. The van der Waals surface area contributed by atoms with E-state index in [9.17, 15) is 9.59 Å². The molecule has 2 heterocycles. The predicted octanol–water partition coefficient (Wildman–Crippen LogP) is 4.37. The maximum absolute atomic E-state index is 13.5. The first-order chi connectivity index (χ1) is 15.7. The summed E-state index contributed by atoms with van der Waals surface area (Å²) >= 11 is 0. The first-order valence-electron chi connectivity index (χ1n) is 10.3. The van der Waals surface area contributed by atoms with Gasteiger partial charge in [0, 0.05) is 12.7 Å². The highest BCUT2D eigenvalue weighted by molar-refractivity contribution is 5.96. The van der Waals surface area contributed by atoms with Crippen LogP contribution in [0.1, 0.15) is 33.4 Å². The van der Waals surface area contributed by atoms with Crippen LogP contribution in [0, 0.1) is 0 Å². The number of nitrogens with zero attached hydrogens (tertiary/aromatic N) is 2. The van der Waals surface area contributed by atoms with Crippen molar-refractivity contribution in [3.63, 3.8) is 0 Å². The van der Waals surface area contributed by atoms with Crippen LogP contribution in [0.15, 0.2) is 108 Å². The van der Waals surface area contributed by atoms with Gasteiger partial charge in [-0.3, -0.25) is 14.6 Å². The van der Waals surface area contributed by atoms with Crippen molar-refractivity contribution in [1.82, 2.24) is 15.2 Å². The molecule has 0 bridgehead atoms. The topological polar surface area (TPSA) is 75.4 Å². The summed E-state index contributed by atoms with van der Waals surface area (Å²) in [7, 11) is 0. The van der Waals surface area contributed by atoms with Gasteiger partial charge in [0.1, 0.15) is 17.5 Å². The number of carbonyl (C=O) groups excluding carboxylic acids is 2. The summed E-state index contributed by atoms with van der Waals surface area (Å²) in [6.07, 6.45) is 3.11. The number of benzene rings is 2. The van der Waals surface area contributed by atoms with Gasteiger partial charge >= 0.3 is 0 Å². The summed E-state index contributed by atoms with van der Waals surface area (Å²) in [6, 6.07) is 26.7. The number of hydrogen-bond acceptors (Lipinski definition) is 4. The monoisotopic (exact) mass is 425 g/mol. The van der Waals surface area contributed by atoms with E-state index in [0.29, 0.717) is 17.9 Å². The van der Waals surface area contributed by atoms with Crippen molar-refractivity contribution in [2.24, 2.45) is 0 Å². The third kappa shape index (κ3) is 5.10. The van der Waals surface area contributed by atoms with Gasteiger partial charge in [0.25, 0.3) is 5.91 Å². The van der Waals surface area contributed by atoms with Crippen LogP contribution in [0.4, 0.5) is 0 Å². The SMILES string of the molecule is O=C(NCc1ccccc1)C(c1ccccc1)N(Cc1ccco1)C(=O)c1ccccn1. The molecule has 1 unspecified atom stereocenters. The van der Waals surface area contributed by atoms with E-state index in [1.807, 2.05) is 60.7 Å².